The summed E-state index contributed by atoms with van der Waals surface area (Å²) in [7, 11) is 3.14. The number of likely N-dealkylation sites (N-methyl/N-ethyl adjacent to an activating group) is 1. The zero-order valence-electron chi connectivity index (χ0n) is 12.1. The number of guanidine groups is 1. The molecule has 1 aromatic rings. The Morgan fingerprint density at radius 2 is 2.00 bits per heavy atom. The number of rotatable bonds is 2. The Hall–Kier alpha value is -2.57. The van der Waals surface area contributed by atoms with Gasteiger partial charge in [-0.25, -0.2) is 9.79 Å². The average molecular weight is 291 g/mol. The first kappa shape index (κ1) is 14.8. The Morgan fingerprint density at radius 1 is 1.33 bits per heavy atom. The van der Waals surface area contributed by atoms with Gasteiger partial charge in [0.25, 0.3) is 0 Å². The van der Waals surface area contributed by atoms with Crippen molar-refractivity contribution in [3.8, 4) is 5.75 Å². The molecule has 1 atom stereocenters. The van der Waals surface area contributed by atoms with Gasteiger partial charge in [-0.3, -0.25) is 10.1 Å². The SMILES string of the molecule is COC(=O)NC1=NC(c2ccc(OC(C)=O)cc2)CN1C. The molecule has 21 heavy (non-hydrogen) atoms. The Kier molecular flexibility index (Phi) is 4.42. The second-order valence-corrected chi connectivity index (χ2v) is 4.63. The van der Waals surface area contributed by atoms with Crippen molar-refractivity contribution in [3.05, 3.63) is 29.8 Å². The number of carbonyl (C=O) groups excluding carboxylic acids is 2. The molecule has 0 aromatic heterocycles. The number of benzene rings is 1. The number of esters is 1. The molecule has 1 aliphatic rings. The van der Waals surface area contributed by atoms with E-state index < -0.39 is 6.09 Å². The minimum atomic E-state index is -0.550. The van der Waals surface area contributed by atoms with Gasteiger partial charge in [-0.15, -0.1) is 0 Å². The van der Waals surface area contributed by atoms with E-state index in [-0.39, 0.29) is 12.0 Å². The summed E-state index contributed by atoms with van der Waals surface area (Å²) in [5.41, 5.74) is 0.972. The fourth-order valence-corrected chi connectivity index (χ4v) is 2.01. The fourth-order valence-electron chi connectivity index (χ4n) is 2.01. The standard InChI is InChI=1S/C14H17N3O4/c1-9(18)21-11-6-4-10(5-7-11)12-8-17(2)13(15-12)16-14(19)20-3/h4-7,12H,8H2,1-3H3,(H,15,16,19). The van der Waals surface area contributed by atoms with Crippen molar-refractivity contribution < 1.29 is 19.1 Å². The number of ether oxygens (including phenoxy) is 2. The molecule has 0 saturated heterocycles. The number of alkyl carbamates (subject to hydrolysis) is 1. The summed E-state index contributed by atoms with van der Waals surface area (Å²) in [6.07, 6.45) is -0.550. The molecule has 0 fully saturated rings. The van der Waals surface area contributed by atoms with Crippen molar-refractivity contribution >= 4 is 18.0 Å². The third-order valence-corrected chi connectivity index (χ3v) is 3.01. The minimum absolute atomic E-state index is 0.0893. The van der Waals surface area contributed by atoms with Crippen LogP contribution in [0, 0.1) is 0 Å². The van der Waals surface area contributed by atoms with Crippen LogP contribution in [0.3, 0.4) is 0 Å². The number of hydrogen-bond acceptors (Lipinski definition) is 6. The summed E-state index contributed by atoms with van der Waals surface area (Å²) < 4.78 is 9.53. The van der Waals surface area contributed by atoms with Crippen LogP contribution in [0.5, 0.6) is 5.75 Å². The molecule has 112 valence electrons. The first-order valence-electron chi connectivity index (χ1n) is 6.42. The van der Waals surface area contributed by atoms with Gasteiger partial charge in [0.05, 0.1) is 13.2 Å². The van der Waals surface area contributed by atoms with Crippen LogP contribution >= 0.6 is 0 Å². The summed E-state index contributed by atoms with van der Waals surface area (Å²) in [4.78, 5) is 28.4. The maximum absolute atomic E-state index is 11.2. The van der Waals surface area contributed by atoms with Gasteiger partial charge < -0.3 is 14.4 Å². The van der Waals surface area contributed by atoms with E-state index in [0.717, 1.165) is 5.56 Å². The Labute approximate surface area is 122 Å². The van der Waals surface area contributed by atoms with Crippen molar-refractivity contribution in [1.82, 2.24) is 10.2 Å². The smallest absolute Gasteiger partial charge is 0.413 e. The van der Waals surface area contributed by atoms with Gasteiger partial charge >= 0.3 is 12.1 Å². The molecule has 0 aliphatic carbocycles. The van der Waals surface area contributed by atoms with Crippen molar-refractivity contribution in [2.24, 2.45) is 4.99 Å². The van der Waals surface area contributed by atoms with Gasteiger partial charge in [-0.05, 0) is 17.7 Å². The fraction of sp³-hybridized carbons (Fsp3) is 0.357. The topological polar surface area (TPSA) is 80.2 Å². The number of aliphatic imine (C=N–C) groups is 1. The molecule has 1 heterocycles. The minimum Gasteiger partial charge on any atom is -0.453 e. The third kappa shape index (κ3) is 3.71. The van der Waals surface area contributed by atoms with E-state index >= 15 is 0 Å². The Morgan fingerprint density at radius 3 is 2.57 bits per heavy atom. The summed E-state index contributed by atoms with van der Waals surface area (Å²) in [6, 6.07) is 7.05. The number of nitrogens with one attached hydrogen (secondary N) is 1. The zero-order valence-corrected chi connectivity index (χ0v) is 12.1. The highest BCUT2D eigenvalue weighted by molar-refractivity contribution is 5.94. The highest BCUT2D eigenvalue weighted by atomic mass is 16.5. The summed E-state index contributed by atoms with van der Waals surface area (Å²) in [5, 5.41) is 2.56. The Bertz CT molecular complexity index is 568. The second-order valence-electron chi connectivity index (χ2n) is 4.63. The molecule has 0 spiro atoms. The third-order valence-electron chi connectivity index (χ3n) is 3.01. The highest BCUT2D eigenvalue weighted by Crippen LogP contribution is 2.25. The lowest BCUT2D eigenvalue weighted by Gasteiger charge is -2.14. The quantitative estimate of drug-likeness (QED) is 0.656. The maximum atomic E-state index is 11.2. The van der Waals surface area contributed by atoms with Crippen LogP contribution in [0.15, 0.2) is 29.3 Å². The van der Waals surface area contributed by atoms with E-state index in [1.165, 1.54) is 14.0 Å². The van der Waals surface area contributed by atoms with E-state index in [2.05, 4.69) is 15.0 Å². The maximum Gasteiger partial charge on any atom is 0.413 e. The summed E-state index contributed by atoms with van der Waals surface area (Å²) >= 11 is 0. The van der Waals surface area contributed by atoms with E-state index in [4.69, 9.17) is 4.74 Å². The lowest BCUT2D eigenvalue weighted by Crippen LogP contribution is -2.39. The van der Waals surface area contributed by atoms with Crippen LogP contribution in [0.4, 0.5) is 4.79 Å². The predicted octanol–water partition coefficient (Wildman–Crippen LogP) is 1.31. The molecular formula is C14H17N3O4. The van der Waals surface area contributed by atoms with E-state index in [1.807, 2.05) is 24.1 Å². The van der Waals surface area contributed by atoms with E-state index in [9.17, 15) is 9.59 Å². The zero-order chi connectivity index (χ0) is 15.4. The molecular weight excluding hydrogens is 274 g/mol. The molecule has 1 aromatic carbocycles. The van der Waals surface area contributed by atoms with Crippen molar-refractivity contribution in [1.29, 1.82) is 0 Å². The van der Waals surface area contributed by atoms with Gasteiger partial charge in [0, 0.05) is 20.5 Å². The van der Waals surface area contributed by atoms with Crippen LogP contribution in [0.1, 0.15) is 18.5 Å². The molecule has 0 radical (unpaired) electrons. The van der Waals surface area contributed by atoms with E-state index in [1.54, 1.807) is 12.1 Å². The lowest BCUT2D eigenvalue weighted by molar-refractivity contribution is -0.131. The largest absolute Gasteiger partial charge is 0.453 e. The number of nitrogens with zero attached hydrogens (tertiary/aromatic N) is 2. The first-order valence-corrected chi connectivity index (χ1v) is 6.42. The van der Waals surface area contributed by atoms with Gasteiger partial charge in [-0.2, -0.15) is 0 Å². The molecule has 7 nitrogen and oxygen atoms in total. The molecule has 1 aliphatic heterocycles. The second kappa shape index (κ2) is 6.25. The number of hydrogen-bond donors (Lipinski definition) is 1. The van der Waals surface area contributed by atoms with E-state index in [0.29, 0.717) is 18.3 Å². The van der Waals surface area contributed by atoms with Gasteiger partial charge in [0.15, 0.2) is 0 Å². The van der Waals surface area contributed by atoms with Crippen molar-refractivity contribution in [3.63, 3.8) is 0 Å². The molecule has 7 heteroatoms. The first-order chi connectivity index (χ1) is 9.99. The molecule has 0 bridgehead atoms. The van der Waals surface area contributed by atoms with Gasteiger partial charge in [0.1, 0.15) is 5.75 Å². The average Bonchev–Trinajstić information content (AvgIpc) is 2.80. The van der Waals surface area contributed by atoms with Crippen LogP contribution in [-0.4, -0.2) is 43.6 Å². The molecule has 2 rings (SSSR count). The number of carbonyl (C=O) groups is 2. The lowest BCUT2D eigenvalue weighted by atomic mass is 10.1. The summed E-state index contributed by atoms with van der Waals surface area (Å²) in [5.74, 6) is 0.608. The van der Waals surface area contributed by atoms with Gasteiger partial charge in [0.2, 0.25) is 5.96 Å². The summed E-state index contributed by atoms with van der Waals surface area (Å²) in [6.45, 7) is 2.00. The van der Waals surface area contributed by atoms with Crippen LogP contribution < -0.4 is 10.1 Å². The van der Waals surface area contributed by atoms with Crippen LogP contribution in [-0.2, 0) is 9.53 Å². The predicted molar refractivity (Wildman–Crippen MR) is 76.1 cm³/mol. The number of amides is 1. The van der Waals surface area contributed by atoms with Crippen LogP contribution in [0.2, 0.25) is 0 Å². The molecule has 1 amide bonds. The Balaban J connectivity index is 2.08. The highest BCUT2D eigenvalue weighted by Gasteiger charge is 2.25. The van der Waals surface area contributed by atoms with Crippen LogP contribution in [0.25, 0.3) is 0 Å². The number of methoxy groups -OCH3 is 1. The molecule has 1 unspecified atom stereocenters. The monoisotopic (exact) mass is 291 g/mol. The van der Waals surface area contributed by atoms with Gasteiger partial charge in [-0.1, -0.05) is 12.1 Å². The van der Waals surface area contributed by atoms with Crippen molar-refractivity contribution in [2.75, 3.05) is 20.7 Å². The molecule has 1 N–H and O–H groups in total. The normalized spacial score (nSPS) is 17.2. The molecule has 0 saturated carbocycles. The van der Waals surface area contributed by atoms with Crippen molar-refractivity contribution in [2.45, 2.75) is 13.0 Å².